The lowest BCUT2D eigenvalue weighted by atomic mass is 10.0. The maximum Gasteiger partial charge on any atom is 0.151 e. The molecular formula is C12H18F2N2O. The highest BCUT2D eigenvalue weighted by atomic mass is 19.1. The molecule has 0 spiro atoms. The molecule has 1 aromatic rings. The van der Waals surface area contributed by atoms with E-state index < -0.39 is 11.6 Å². The molecule has 17 heavy (non-hydrogen) atoms. The van der Waals surface area contributed by atoms with Crippen molar-refractivity contribution in [3.05, 3.63) is 23.8 Å². The first-order chi connectivity index (χ1) is 7.95. The first-order valence-corrected chi connectivity index (χ1v) is 5.45. The summed E-state index contributed by atoms with van der Waals surface area (Å²) in [6.07, 6.45) is 0. The van der Waals surface area contributed by atoms with Gasteiger partial charge in [0.05, 0.1) is 12.6 Å². The number of hydrogen-bond donors (Lipinski definition) is 2. The predicted octanol–water partition coefficient (Wildman–Crippen LogP) is 2.63. The van der Waals surface area contributed by atoms with Crippen LogP contribution in [-0.4, -0.2) is 19.8 Å². The average molecular weight is 244 g/mol. The summed E-state index contributed by atoms with van der Waals surface area (Å²) in [5.74, 6) is -1.19. The van der Waals surface area contributed by atoms with Crippen LogP contribution in [0.4, 0.5) is 20.2 Å². The molecule has 1 unspecified atom stereocenters. The van der Waals surface area contributed by atoms with Crippen molar-refractivity contribution in [2.24, 2.45) is 5.92 Å². The van der Waals surface area contributed by atoms with Gasteiger partial charge in [0.1, 0.15) is 5.69 Å². The molecule has 0 aliphatic carbocycles. The van der Waals surface area contributed by atoms with Gasteiger partial charge in [0.2, 0.25) is 0 Å². The molecule has 96 valence electrons. The summed E-state index contributed by atoms with van der Waals surface area (Å²) in [6.45, 7) is 4.27. The number of methoxy groups -OCH3 is 1. The Morgan fingerprint density at radius 3 is 2.24 bits per heavy atom. The normalized spacial score (nSPS) is 12.8. The van der Waals surface area contributed by atoms with Crippen LogP contribution in [0.3, 0.4) is 0 Å². The lowest BCUT2D eigenvalue weighted by Gasteiger charge is -2.23. The van der Waals surface area contributed by atoms with Gasteiger partial charge in [-0.2, -0.15) is 0 Å². The summed E-state index contributed by atoms with van der Waals surface area (Å²) in [5.41, 5.74) is 5.26. The van der Waals surface area contributed by atoms with E-state index in [1.165, 1.54) is 0 Å². The highest BCUT2D eigenvalue weighted by molar-refractivity contribution is 5.54. The van der Waals surface area contributed by atoms with Gasteiger partial charge in [-0.05, 0) is 18.1 Å². The van der Waals surface area contributed by atoms with Crippen LogP contribution in [0.1, 0.15) is 13.8 Å². The van der Waals surface area contributed by atoms with Gasteiger partial charge < -0.3 is 15.8 Å². The third-order valence-electron chi connectivity index (χ3n) is 2.55. The Kier molecular flexibility index (Phi) is 4.69. The summed E-state index contributed by atoms with van der Waals surface area (Å²) < 4.78 is 32.1. The molecule has 0 heterocycles. The molecule has 3 N–H and O–H groups in total. The minimum absolute atomic E-state index is 0.0680. The summed E-state index contributed by atoms with van der Waals surface area (Å²) in [6, 6.07) is 2.03. The fourth-order valence-corrected chi connectivity index (χ4v) is 1.50. The van der Waals surface area contributed by atoms with Crippen molar-refractivity contribution in [1.82, 2.24) is 0 Å². The first-order valence-electron chi connectivity index (χ1n) is 5.45. The Bertz CT molecular complexity index is 360. The zero-order valence-electron chi connectivity index (χ0n) is 10.3. The number of anilines is 2. The van der Waals surface area contributed by atoms with Crippen molar-refractivity contribution in [3.63, 3.8) is 0 Å². The topological polar surface area (TPSA) is 47.3 Å². The Morgan fingerprint density at radius 2 is 1.82 bits per heavy atom. The van der Waals surface area contributed by atoms with Crippen LogP contribution in [0.15, 0.2) is 12.1 Å². The van der Waals surface area contributed by atoms with Crippen molar-refractivity contribution in [1.29, 1.82) is 0 Å². The predicted molar refractivity (Wildman–Crippen MR) is 64.9 cm³/mol. The molecule has 0 aliphatic heterocycles. The second-order valence-corrected chi connectivity index (χ2v) is 4.31. The lowest BCUT2D eigenvalue weighted by molar-refractivity contribution is 0.171. The zero-order chi connectivity index (χ0) is 13.0. The first kappa shape index (κ1) is 13.7. The molecule has 5 heteroatoms. The second-order valence-electron chi connectivity index (χ2n) is 4.31. The fraction of sp³-hybridized carbons (Fsp3) is 0.500. The van der Waals surface area contributed by atoms with E-state index in [1.54, 1.807) is 7.11 Å². The standard InChI is InChI=1S/C12H18F2N2O/c1-7(2)11(6-17-3)16-12-9(13)4-8(15)5-10(12)14/h4-5,7,11,16H,6,15H2,1-3H3. The number of halogens is 2. The van der Waals surface area contributed by atoms with Gasteiger partial charge >= 0.3 is 0 Å². The monoisotopic (exact) mass is 244 g/mol. The molecule has 1 atom stereocenters. The summed E-state index contributed by atoms with van der Waals surface area (Å²) in [4.78, 5) is 0. The number of hydrogen-bond acceptors (Lipinski definition) is 3. The highest BCUT2D eigenvalue weighted by Crippen LogP contribution is 2.23. The lowest BCUT2D eigenvalue weighted by Crippen LogP contribution is -2.31. The SMILES string of the molecule is COCC(Nc1c(F)cc(N)cc1F)C(C)C. The minimum atomic E-state index is -0.691. The quantitative estimate of drug-likeness (QED) is 0.783. The number of nitrogen functional groups attached to an aromatic ring is 1. The number of rotatable bonds is 5. The molecule has 0 bridgehead atoms. The van der Waals surface area contributed by atoms with Crippen molar-refractivity contribution in [2.45, 2.75) is 19.9 Å². The minimum Gasteiger partial charge on any atom is -0.399 e. The van der Waals surface area contributed by atoms with Crippen molar-refractivity contribution < 1.29 is 13.5 Å². The van der Waals surface area contributed by atoms with E-state index in [1.807, 2.05) is 13.8 Å². The molecule has 0 saturated heterocycles. The summed E-state index contributed by atoms with van der Waals surface area (Å²) in [5, 5.41) is 2.81. The molecule has 0 fully saturated rings. The Hall–Kier alpha value is -1.36. The van der Waals surface area contributed by atoms with Crippen molar-refractivity contribution >= 4 is 11.4 Å². The van der Waals surface area contributed by atoms with Crippen LogP contribution in [0.5, 0.6) is 0 Å². The average Bonchev–Trinajstić information content (AvgIpc) is 2.21. The van der Waals surface area contributed by atoms with Crippen LogP contribution in [-0.2, 0) is 4.74 Å². The number of nitrogens with two attached hydrogens (primary N) is 1. The highest BCUT2D eigenvalue weighted by Gasteiger charge is 2.18. The van der Waals surface area contributed by atoms with Gasteiger partial charge in [0.15, 0.2) is 11.6 Å². The second kappa shape index (κ2) is 5.82. The number of nitrogens with one attached hydrogen (secondary N) is 1. The molecule has 1 rings (SSSR count). The number of benzene rings is 1. The van der Waals surface area contributed by atoms with Crippen LogP contribution in [0.25, 0.3) is 0 Å². The Morgan fingerprint density at radius 1 is 1.29 bits per heavy atom. The summed E-state index contributed by atoms with van der Waals surface area (Å²) in [7, 11) is 1.55. The van der Waals surface area contributed by atoms with Crippen molar-refractivity contribution in [3.8, 4) is 0 Å². The van der Waals surface area contributed by atoms with Crippen molar-refractivity contribution in [2.75, 3.05) is 24.8 Å². The maximum absolute atomic E-state index is 13.6. The van der Waals surface area contributed by atoms with Crippen LogP contribution in [0, 0.1) is 17.6 Å². The molecule has 0 radical (unpaired) electrons. The fourth-order valence-electron chi connectivity index (χ4n) is 1.50. The Labute approximate surface area is 100.0 Å². The molecule has 0 aliphatic rings. The van der Waals surface area contributed by atoms with E-state index in [2.05, 4.69) is 5.32 Å². The van der Waals surface area contributed by atoms with Gasteiger partial charge in [-0.3, -0.25) is 0 Å². The largest absolute Gasteiger partial charge is 0.399 e. The Balaban J connectivity index is 2.93. The van der Waals surface area contributed by atoms with E-state index in [4.69, 9.17) is 10.5 Å². The van der Waals surface area contributed by atoms with Crippen LogP contribution < -0.4 is 11.1 Å². The molecule has 0 aromatic heterocycles. The van der Waals surface area contributed by atoms with E-state index in [9.17, 15) is 8.78 Å². The van der Waals surface area contributed by atoms with Crippen LogP contribution in [0.2, 0.25) is 0 Å². The van der Waals surface area contributed by atoms with E-state index in [-0.39, 0.29) is 23.3 Å². The molecule has 1 aromatic carbocycles. The van der Waals surface area contributed by atoms with Gasteiger partial charge in [-0.25, -0.2) is 8.78 Å². The molecule has 3 nitrogen and oxygen atoms in total. The number of ether oxygens (including phenoxy) is 1. The molecule has 0 amide bonds. The van der Waals surface area contributed by atoms with Gasteiger partial charge in [0, 0.05) is 12.8 Å². The summed E-state index contributed by atoms with van der Waals surface area (Å²) >= 11 is 0. The molecule has 0 saturated carbocycles. The van der Waals surface area contributed by atoms with E-state index in [0.717, 1.165) is 12.1 Å². The van der Waals surface area contributed by atoms with E-state index >= 15 is 0 Å². The third-order valence-corrected chi connectivity index (χ3v) is 2.55. The smallest absolute Gasteiger partial charge is 0.151 e. The van der Waals surface area contributed by atoms with Gasteiger partial charge in [-0.15, -0.1) is 0 Å². The van der Waals surface area contributed by atoms with E-state index in [0.29, 0.717) is 6.61 Å². The third kappa shape index (κ3) is 3.56. The van der Waals surface area contributed by atoms with Gasteiger partial charge in [0.25, 0.3) is 0 Å². The molecular weight excluding hydrogens is 226 g/mol. The maximum atomic E-state index is 13.6. The zero-order valence-corrected chi connectivity index (χ0v) is 10.3. The van der Waals surface area contributed by atoms with Gasteiger partial charge in [-0.1, -0.05) is 13.8 Å². The van der Waals surface area contributed by atoms with Crippen LogP contribution >= 0.6 is 0 Å².